The van der Waals surface area contributed by atoms with Gasteiger partial charge in [0.25, 0.3) is 0 Å². The third kappa shape index (κ3) is 6.91. The van der Waals surface area contributed by atoms with E-state index in [1.165, 1.54) is 36.6 Å². The van der Waals surface area contributed by atoms with E-state index in [4.69, 9.17) is 31.3 Å². The maximum Gasteiger partial charge on any atom is 0.338 e. The molecule has 0 aliphatic carbocycles. The Hall–Kier alpha value is -5.29. The summed E-state index contributed by atoms with van der Waals surface area (Å²) in [7, 11) is 1.31. The maximum atomic E-state index is 14.0. The SMILES string of the molecule is COC(=O)C1=C(CN2CCN3C(=O)N(Cc4ccc(Oc5ccc(C#N)cc5)cc4)CC3C2)NC(c2nccs2)=NC1c1ccc(F)cc1Cl. The first-order valence-electron chi connectivity index (χ1n) is 15.9. The van der Waals surface area contributed by atoms with Crippen LogP contribution >= 0.6 is 22.9 Å². The Morgan fingerprint density at radius 2 is 1.84 bits per heavy atom. The van der Waals surface area contributed by atoms with Crippen LogP contribution in [0.15, 0.2) is 94.6 Å². The van der Waals surface area contributed by atoms with Crippen LogP contribution in [0.4, 0.5) is 9.18 Å². The number of nitrogens with one attached hydrogen (secondary N) is 1. The number of carbonyl (C=O) groups is 2. The molecule has 14 heteroatoms. The summed E-state index contributed by atoms with van der Waals surface area (Å²) < 4.78 is 25.1. The molecule has 2 saturated heterocycles. The lowest BCUT2D eigenvalue weighted by Crippen LogP contribution is -2.53. The van der Waals surface area contributed by atoms with Crippen LogP contribution in [-0.4, -0.2) is 83.4 Å². The summed E-state index contributed by atoms with van der Waals surface area (Å²) in [6.45, 7) is 3.06. The van der Waals surface area contributed by atoms with Crippen molar-refractivity contribution in [2.75, 3.05) is 39.8 Å². The third-order valence-corrected chi connectivity index (χ3v) is 9.94. The quantitative estimate of drug-likeness (QED) is 0.218. The summed E-state index contributed by atoms with van der Waals surface area (Å²) in [5.41, 5.74) is 2.87. The van der Waals surface area contributed by atoms with Crippen molar-refractivity contribution in [1.82, 2.24) is 25.0 Å². The lowest BCUT2D eigenvalue weighted by atomic mass is 9.95. The van der Waals surface area contributed by atoms with Crippen LogP contribution in [0.25, 0.3) is 0 Å². The number of nitriles is 1. The van der Waals surface area contributed by atoms with Gasteiger partial charge in [-0.05, 0) is 54.1 Å². The number of fused-ring (bicyclic) bond motifs is 1. The van der Waals surface area contributed by atoms with Gasteiger partial charge in [-0.15, -0.1) is 11.3 Å². The van der Waals surface area contributed by atoms with Gasteiger partial charge in [-0.25, -0.2) is 19.0 Å². The smallest absolute Gasteiger partial charge is 0.338 e. The monoisotopic (exact) mass is 711 g/mol. The molecule has 0 bridgehead atoms. The molecular formula is C36H31ClFN7O4S. The Balaban J connectivity index is 1.06. The molecule has 2 unspecified atom stereocenters. The van der Waals surface area contributed by atoms with Gasteiger partial charge in [-0.1, -0.05) is 29.8 Å². The summed E-state index contributed by atoms with van der Waals surface area (Å²) in [4.78, 5) is 42.0. The largest absolute Gasteiger partial charge is 0.466 e. The Bertz CT molecular complexity index is 2020. The second-order valence-electron chi connectivity index (χ2n) is 12.0. The van der Waals surface area contributed by atoms with E-state index in [-0.39, 0.29) is 22.7 Å². The number of thiazole rings is 1. The number of halogens is 2. The van der Waals surface area contributed by atoms with Crippen molar-refractivity contribution in [3.05, 3.63) is 122 Å². The average Bonchev–Trinajstić information content (AvgIpc) is 3.77. The number of carbonyl (C=O) groups excluding carboxylic acids is 2. The van der Waals surface area contributed by atoms with E-state index in [1.54, 1.807) is 30.5 Å². The normalized spacial score (nSPS) is 19.1. The van der Waals surface area contributed by atoms with Crippen LogP contribution in [0, 0.1) is 17.1 Å². The molecule has 254 valence electrons. The summed E-state index contributed by atoms with van der Waals surface area (Å²) in [5.74, 6) is 0.691. The molecule has 4 heterocycles. The fraction of sp³-hybridized carbons (Fsp3) is 0.250. The second kappa shape index (κ2) is 14.3. The highest BCUT2D eigenvalue weighted by atomic mass is 35.5. The summed E-state index contributed by atoms with van der Waals surface area (Å²) in [5, 5.41) is 14.9. The molecule has 2 fully saturated rings. The van der Waals surface area contributed by atoms with Crippen molar-refractivity contribution in [3.63, 3.8) is 0 Å². The predicted octanol–water partition coefficient (Wildman–Crippen LogP) is 5.74. The first-order valence-corrected chi connectivity index (χ1v) is 17.1. The molecular weight excluding hydrogens is 681 g/mol. The topological polar surface area (TPSA) is 123 Å². The zero-order valence-electron chi connectivity index (χ0n) is 26.9. The van der Waals surface area contributed by atoms with Crippen LogP contribution < -0.4 is 10.1 Å². The van der Waals surface area contributed by atoms with E-state index >= 15 is 0 Å². The second-order valence-corrected chi connectivity index (χ2v) is 13.3. The number of amidine groups is 1. The van der Waals surface area contributed by atoms with Gasteiger partial charge < -0.3 is 24.6 Å². The van der Waals surface area contributed by atoms with Crippen LogP contribution in [0.3, 0.4) is 0 Å². The van der Waals surface area contributed by atoms with Gasteiger partial charge in [0, 0.05) is 67.1 Å². The Labute approximate surface area is 296 Å². The molecule has 1 aromatic heterocycles. The zero-order valence-corrected chi connectivity index (χ0v) is 28.5. The number of esters is 1. The first-order chi connectivity index (χ1) is 24.3. The third-order valence-electron chi connectivity index (χ3n) is 8.84. The van der Waals surface area contributed by atoms with Gasteiger partial charge >= 0.3 is 12.0 Å². The first kappa shape index (κ1) is 33.2. The highest BCUT2D eigenvalue weighted by Crippen LogP contribution is 2.37. The van der Waals surface area contributed by atoms with Crippen molar-refractivity contribution < 1.29 is 23.5 Å². The number of urea groups is 1. The molecule has 2 amide bonds. The number of hydrogen-bond acceptors (Lipinski definition) is 10. The maximum absolute atomic E-state index is 14.0. The molecule has 0 saturated carbocycles. The number of methoxy groups -OCH3 is 1. The molecule has 2 atom stereocenters. The van der Waals surface area contributed by atoms with Crippen molar-refractivity contribution in [1.29, 1.82) is 5.26 Å². The number of hydrogen-bond donors (Lipinski definition) is 1. The number of aromatic nitrogens is 1. The van der Waals surface area contributed by atoms with Crippen molar-refractivity contribution in [2.45, 2.75) is 18.6 Å². The van der Waals surface area contributed by atoms with Gasteiger partial charge in [0.15, 0.2) is 10.8 Å². The number of rotatable bonds is 9. The van der Waals surface area contributed by atoms with Crippen LogP contribution in [0.5, 0.6) is 11.5 Å². The number of benzene rings is 3. The Morgan fingerprint density at radius 1 is 1.08 bits per heavy atom. The van der Waals surface area contributed by atoms with E-state index in [0.717, 1.165) is 5.56 Å². The van der Waals surface area contributed by atoms with Crippen LogP contribution in [0.1, 0.15) is 27.7 Å². The number of piperazine rings is 1. The standard InChI is InChI=1S/C36H31ClFN7O4S/c1-48-35(46)31-30(41-33(34-40-12-15-50-34)42-32(31)28-11-6-24(38)16-29(28)37)21-43-13-14-45-25(19-43)20-44(36(45)47)18-23-4-9-27(10-5-23)49-26-7-2-22(17-39)3-8-26/h2-12,15-16,25,32H,13-14,18-21H2,1H3,(H,41,42). The fourth-order valence-corrected chi connectivity index (χ4v) is 7.28. The summed E-state index contributed by atoms with van der Waals surface area (Å²) >= 11 is 7.90. The van der Waals surface area contributed by atoms with E-state index in [1.807, 2.05) is 39.4 Å². The average molecular weight is 712 g/mol. The molecule has 3 aliphatic heterocycles. The van der Waals surface area contributed by atoms with Gasteiger partial charge in [0.2, 0.25) is 0 Å². The van der Waals surface area contributed by atoms with E-state index < -0.39 is 17.8 Å². The van der Waals surface area contributed by atoms with Crippen molar-refractivity contribution >= 4 is 40.8 Å². The molecule has 50 heavy (non-hydrogen) atoms. The van der Waals surface area contributed by atoms with Crippen molar-refractivity contribution in [2.24, 2.45) is 4.99 Å². The van der Waals surface area contributed by atoms with Gasteiger partial charge in [-0.2, -0.15) is 5.26 Å². The molecule has 11 nitrogen and oxygen atoms in total. The number of amides is 2. The number of ether oxygens (including phenoxy) is 2. The molecule has 0 spiro atoms. The van der Waals surface area contributed by atoms with Gasteiger partial charge in [0.05, 0.1) is 30.4 Å². The highest BCUT2D eigenvalue weighted by molar-refractivity contribution is 7.11. The molecule has 7 rings (SSSR count). The van der Waals surface area contributed by atoms with E-state index in [0.29, 0.717) is 78.4 Å². The molecule has 3 aliphatic rings. The summed E-state index contributed by atoms with van der Waals surface area (Å²) in [6.07, 6.45) is 1.67. The highest BCUT2D eigenvalue weighted by Gasteiger charge is 2.41. The summed E-state index contributed by atoms with van der Waals surface area (Å²) in [6, 6.07) is 19.7. The van der Waals surface area contributed by atoms with E-state index in [2.05, 4.69) is 21.3 Å². The lowest BCUT2D eigenvalue weighted by molar-refractivity contribution is -0.136. The van der Waals surface area contributed by atoms with Gasteiger partial charge in [0.1, 0.15) is 23.4 Å². The number of nitrogens with zero attached hydrogens (tertiary/aromatic N) is 6. The Morgan fingerprint density at radius 3 is 2.52 bits per heavy atom. The fourth-order valence-electron chi connectivity index (χ4n) is 6.43. The van der Waals surface area contributed by atoms with Crippen LogP contribution in [-0.2, 0) is 16.1 Å². The lowest BCUT2D eigenvalue weighted by Gasteiger charge is -2.38. The van der Waals surface area contributed by atoms with Crippen molar-refractivity contribution in [3.8, 4) is 17.6 Å². The molecule has 1 N–H and O–H groups in total. The molecule has 4 aromatic rings. The van der Waals surface area contributed by atoms with Gasteiger partial charge in [-0.3, -0.25) is 9.89 Å². The zero-order chi connectivity index (χ0) is 34.8. The Kier molecular flexibility index (Phi) is 9.49. The minimum absolute atomic E-state index is 0.0120. The molecule has 3 aromatic carbocycles. The number of aliphatic imine (C=N–C) groups is 1. The predicted molar refractivity (Wildman–Crippen MR) is 185 cm³/mol. The minimum atomic E-state index is -0.851. The van der Waals surface area contributed by atoms with Crippen LogP contribution in [0.2, 0.25) is 5.02 Å². The molecule has 0 radical (unpaired) electrons. The minimum Gasteiger partial charge on any atom is -0.466 e. The van der Waals surface area contributed by atoms with E-state index in [9.17, 15) is 14.0 Å².